The van der Waals surface area contributed by atoms with Crippen LogP contribution < -0.4 is 0 Å². The van der Waals surface area contributed by atoms with Crippen molar-refractivity contribution in [3.8, 4) is 6.07 Å². The normalized spacial score (nSPS) is 10.2. The zero-order valence-corrected chi connectivity index (χ0v) is 7.72. The molecule has 2 aromatic heterocycles. The van der Waals surface area contributed by atoms with Crippen LogP contribution in [0.2, 0.25) is 0 Å². The molecule has 2 aromatic rings. The number of aromatic amines is 1. The minimum absolute atomic E-state index is 0.356. The van der Waals surface area contributed by atoms with E-state index in [-0.39, 0.29) is 0 Å². The van der Waals surface area contributed by atoms with Gasteiger partial charge in [0.05, 0.1) is 0 Å². The molecule has 2 nitrogen and oxygen atoms in total. The molecule has 0 unspecified atom stereocenters. The average Bonchev–Trinajstić information content (AvgIpc) is 2.45. The van der Waals surface area contributed by atoms with Crippen LogP contribution in [0.5, 0.6) is 0 Å². The fourth-order valence-corrected chi connectivity index (χ4v) is 3.08. The van der Waals surface area contributed by atoms with Crippen molar-refractivity contribution in [3.05, 3.63) is 22.3 Å². The summed E-state index contributed by atoms with van der Waals surface area (Å²) >= 11 is 0.356. The van der Waals surface area contributed by atoms with E-state index in [9.17, 15) is 0 Å². The van der Waals surface area contributed by atoms with Crippen molar-refractivity contribution < 1.29 is 0 Å². The van der Waals surface area contributed by atoms with Crippen LogP contribution in [0.3, 0.4) is 0 Å². The second kappa shape index (κ2) is 2.27. The van der Waals surface area contributed by atoms with Crippen molar-refractivity contribution in [2.24, 2.45) is 0 Å². The van der Waals surface area contributed by atoms with Gasteiger partial charge in [0.15, 0.2) is 0 Å². The zero-order valence-electron chi connectivity index (χ0n) is 6.01. The summed E-state index contributed by atoms with van der Waals surface area (Å²) in [4.78, 5) is 5.27. The number of hydrogen-bond donors (Lipinski definition) is 1. The Kier molecular flexibility index (Phi) is 1.38. The molecule has 0 saturated carbocycles. The van der Waals surface area contributed by atoms with Gasteiger partial charge in [-0.1, -0.05) is 0 Å². The maximum atomic E-state index is 8.70. The fraction of sp³-hybridized carbons (Fsp3) is 0.125. The van der Waals surface area contributed by atoms with Crippen molar-refractivity contribution in [3.63, 3.8) is 0 Å². The number of hydrogen-bond acceptors (Lipinski definition) is 1. The molecule has 0 aliphatic carbocycles. The Morgan fingerprint density at radius 2 is 2.45 bits per heavy atom. The molecule has 54 valence electrons. The van der Waals surface area contributed by atoms with Gasteiger partial charge < -0.3 is 0 Å². The molecule has 0 amide bonds. The van der Waals surface area contributed by atoms with Crippen LogP contribution in [-0.4, -0.2) is 19.5 Å². The van der Waals surface area contributed by atoms with Crippen molar-refractivity contribution in [2.45, 2.75) is 6.92 Å². The Morgan fingerprint density at radius 1 is 1.64 bits per heavy atom. The third kappa shape index (κ3) is 0.919. The number of H-pyrrole nitrogens is 1. The second-order valence-electron chi connectivity index (χ2n) is 2.46. The standard InChI is InChI=1S/C8H6N2Se/c1-5-2-7-6(3-9)4-11-8(7)10-5/h2,4,10H,1H3. The van der Waals surface area contributed by atoms with Gasteiger partial charge in [0.25, 0.3) is 0 Å². The van der Waals surface area contributed by atoms with Crippen LogP contribution in [0.25, 0.3) is 9.78 Å². The first-order valence-electron chi connectivity index (χ1n) is 3.28. The molecule has 2 rings (SSSR count). The number of rotatable bonds is 0. The number of aromatic nitrogens is 1. The molecule has 11 heavy (non-hydrogen) atoms. The van der Waals surface area contributed by atoms with Crippen LogP contribution in [0.15, 0.2) is 11.0 Å². The maximum absolute atomic E-state index is 8.70. The average molecular weight is 209 g/mol. The fourth-order valence-electron chi connectivity index (χ4n) is 1.13. The van der Waals surface area contributed by atoms with Gasteiger partial charge in [0, 0.05) is 0 Å². The van der Waals surface area contributed by atoms with Gasteiger partial charge in [0.2, 0.25) is 0 Å². The molecule has 0 aliphatic rings. The molecule has 0 aliphatic heterocycles. The van der Waals surface area contributed by atoms with Crippen LogP contribution in [0.1, 0.15) is 11.3 Å². The first-order chi connectivity index (χ1) is 5.31. The molecule has 2 heterocycles. The molecule has 3 heteroatoms. The van der Waals surface area contributed by atoms with Crippen LogP contribution in [-0.2, 0) is 0 Å². The zero-order chi connectivity index (χ0) is 7.84. The molecule has 0 aromatic carbocycles. The van der Waals surface area contributed by atoms with E-state index < -0.39 is 0 Å². The molecular weight excluding hydrogens is 203 g/mol. The molecule has 0 fully saturated rings. The quantitative estimate of drug-likeness (QED) is 0.654. The molecule has 0 bridgehead atoms. The Balaban J connectivity index is 2.86. The van der Waals surface area contributed by atoms with Gasteiger partial charge in [0.1, 0.15) is 0 Å². The second-order valence-corrected chi connectivity index (χ2v) is 4.30. The molecule has 0 spiro atoms. The number of nitrogens with zero attached hydrogens (tertiary/aromatic N) is 1. The Morgan fingerprint density at radius 3 is 3.18 bits per heavy atom. The van der Waals surface area contributed by atoms with Gasteiger partial charge in [-0.25, -0.2) is 0 Å². The Bertz CT molecular complexity index is 430. The number of nitrogens with one attached hydrogen (secondary N) is 1. The number of fused-ring (bicyclic) bond motifs is 1. The molecule has 0 radical (unpaired) electrons. The summed E-state index contributed by atoms with van der Waals surface area (Å²) < 4.78 is 1.24. The minimum atomic E-state index is 0.356. The van der Waals surface area contributed by atoms with Crippen molar-refractivity contribution in [2.75, 3.05) is 0 Å². The van der Waals surface area contributed by atoms with Crippen LogP contribution in [0.4, 0.5) is 0 Å². The number of nitriles is 1. The third-order valence-electron chi connectivity index (χ3n) is 1.62. The first-order valence-corrected chi connectivity index (χ1v) is 5.13. The van der Waals surface area contributed by atoms with Crippen molar-refractivity contribution >= 4 is 24.3 Å². The number of aryl methyl sites for hydroxylation is 1. The summed E-state index contributed by atoms with van der Waals surface area (Å²) in [5, 5.41) is 9.82. The van der Waals surface area contributed by atoms with E-state index >= 15 is 0 Å². The summed E-state index contributed by atoms with van der Waals surface area (Å²) in [5.74, 6) is 0. The predicted molar refractivity (Wildman–Crippen MR) is 44.7 cm³/mol. The van der Waals surface area contributed by atoms with E-state index in [1.54, 1.807) is 0 Å². The third-order valence-corrected chi connectivity index (χ3v) is 3.53. The van der Waals surface area contributed by atoms with Gasteiger partial charge in [-0.15, -0.1) is 0 Å². The van der Waals surface area contributed by atoms with Crippen LogP contribution >= 0.6 is 0 Å². The van der Waals surface area contributed by atoms with E-state index in [1.807, 2.05) is 17.9 Å². The molecular formula is C8H6N2Se. The van der Waals surface area contributed by atoms with E-state index in [1.165, 1.54) is 4.39 Å². The van der Waals surface area contributed by atoms with E-state index in [0.717, 1.165) is 16.6 Å². The van der Waals surface area contributed by atoms with Crippen molar-refractivity contribution in [1.82, 2.24) is 4.98 Å². The summed E-state index contributed by atoms with van der Waals surface area (Å²) in [6, 6.07) is 4.23. The summed E-state index contributed by atoms with van der Waals surface area (Å²) in [7, 11) is 0. The molecule has 1 N–H and O–H groups in total. The van der Waals surface area contributed by atoms with Gasteiger partial charge >= 0.3 is 69.8 Å². The van der Waals surface area contributed by atoms with Gasteiger partial charge in [-0.3, -0.25) is 0 Å². The Labute approximate surface area is 70.2 Å². The topological polar surface area (TPSA) is 39.6 Å². The van der Waals surface area contributed by atoms with Gasteiger partial charge in [-0.2, -0.15) is 0 Å². The monoisotopic (exact) mass is 210 g/mol. The van der Waals surface area contributed by atoms with E-state index in [0.29, 0.717) is 14.5 Å². The Hall–Kier alpha value is -0.971. The SMILES string of the molecule is Cc1cc2c(C#N)c[se]c2[nH]1. The summed E-state index contributed by atoms with van der Waals surface area (Å²) in [6.07, 6.45) is 0. The van der Waals surface area contributed by atoms with E-state index in [4.69, 9.17) is 5.26 Å². The predicted octanol–water partition coefficient (Wildman–Crippen LogP) is 1.40. The van der Waals surface area contributed by atoms with Crippen molar-refractivity contribution in [1.29, 1.82) is 5.26 Å². The summed E-state index contributed by atoms with van der Waals surface area (Å²) in [5.41, 5.74) is 1.99. The first kappa shape index (κ1) is 6.72. The molecule has 0 atom stereocenters. The summed E-state index contributed by atoms with van der Waals surface area (Å²) in [6.45, 7) is 2.02. The van der Waals surface area contributed by atoms with Crippen LogP contribution in [0, 0.1) is 18.3 Å². The van der Waals surface area contributed by atoms with Gasteiger partial charge in [-0.05, 0) is 0 Å². The molecule has 0 saturated heterocycles. The van der Waals surface area contributed by atoms with E-state index in [2.05, 4.69) is 11.1 Å².